The number of rotatable bonds is 5. The van der Waals surface area contributed by atoms with Crippen LogP contribution in [0.4, 0.5) is 0 Å². The van der Waals surface area contributed by atoms with Crippen molar-refractivity contribution < 1.29 is 12.3 Å². The molecule has 0 saturated carbocycles. The maximum atomic E-state index is 8.39. The fourth-order valence-corrected chi connectivity index (χ4v) is 15.3. The lowest BCUT2D eigenvalue weighted by atomic mass is 9.71. The van der Waals surface area contributed by atoms with E-state index >= 15 is 0 Å². The van der Waals surface area contributed by atoms with E-state index in [1.165, 1.54) is 91.7 Å². The molecule has 0 nitrogen and oxygen atoms in total. The molecule has 0 aromatic heterocycles. The van der Waals surface area contributed by atoms with Crippen molar-refractivity contribution in [3.05, 3.63) is 280 Å². The summed E-state index contributed by atoms with van der Waals surface area (Å²) in [7, 11) is 0. The van der Waals surface area contributed by atoms with Gasteiger partial charge in [0.1, 0.15) is 0 Å². The van der Waals surface area contributed by atoms with E-state index in [0.29, 0.717) is 22.6 Å². The Morgan fingerprint density at radius 3 is 0.754 bits per heavy atom. The Balaban J connectivity index is 0.000000705. The lowest BCUT2D eigenvalue weighted by molar-refractivity contribution is 0.521. The molecule has 114 heavy (non-hydrogen) atoms. The second-order valence-corrected chi connectivity index (χ2v) is 45.3. The summed E-state index contributed by atoms with van der Waals surface area (Å²) in [6.45, 7) is 102. The van der Waals surface area contributed by atoms with Crippen LogP contribution < -0.4 is 0 Å². The molecule has 0 aliphatic heterocycles. The summed E-state index contributed by atoms with van der Waals surface area (Å²) in [6.07, 6.45) is -2.94. The van der Waals surface area contributed by atoms with Gasteiger partial charge in [-0.3, -0.25) is 0 Å². The van der Waals surface area contributed by atoms with Crippen LogP contribution in [0.1, 0.15) is 457 Å². The summed E-state index contributed by atoms with van der Waals surface area (Å²) in [6, 6.07) is 54.7. The first-order chi connectivity index (χ1) is 54.4. The van der Waals surface area contributed by atoms with E-state index in [2.05, 4.69) is 378 Å². The second-order valence-electron chi connectivity index (χ2n) is 45.3. The number of hydrogen-bond acceptors (Lipinski definition) is 0. The minimum atomic E-state index is -2.01. The zero-order chi connectivity index (χ0) is 97.2. The van der Waals surface area contributed by atoms with E-state index < -0.39 is 31.4 Å². The van der Waals surface area contributed by atoms with Gasteiger partial charge in [-0.15, -0.1) is 0 Å². The summed E-state index contributed by atoms with van der Waals surface area (Å²) in [5.41, 5.74) is 28.3. The molecular formula is C114H180. The Bertz CT molecular complexity index is 4220. The predicted molar refractivity (Wildman–Crippen MR) is 521 cm³/mol. The van der Waals surface area contributed by atoms with Gasteiger partial charge in [-0.2, -0.15) is 0 Å². The van der Waals surface area contributed by atoms with Crippen molar-refractivity contribution in [1.82, 2.24) is 0 Å². The smallest absolute Gasteiger partial charge is 0.0347 e. The fraction of sp³-hybridized carbons (Fsp3) is 0.579. The third-order valence-corrected chi connectivity index (χ3v) is 20.8. The van der Waals surface area contributed by atoms with Gasteiger partial charge in [0.2, 0.25) is 0 Å². The van der Waals surface area contributed by atoms with Crippen LogP contribution in [-0.4, -0.2) is 0 Å². The molecule has 0 aliphatic carbocycles. The minimum Gasteiger partial charge on any atom is -0.0620 e. The van der Waals surface area contributed by atoms with E-state index in [1.54, 1.807) is 30.3 Å². The molecule has 8 aromatic rings. The molecule has 0 saturated heterocycles. The lowest BCUT2D eigenvalue weighted by Crippen LogP contribution is -2.24. The third kappa shape index (κ3) is 34.0. The van der Waals surface area contributed by atoms with Crippen LogP contribution in [0.25, 0.3) is 0 Å². The van der Waals surface area contributed by atoms with Gasteiger partial charge in [-0.1, -0.05) is 468 Å². The highest BCUT2D eigenvalue weighted by Gasteiger charge is 2.31. The highest BCUT2D eigenvalue weighted by atomic mass is 14.4. The molecule has 636 valence electrons. The molecular weight excluding hydrogens is 1370 g/mol. The van der Waals surface area contributed by atoms with Crippen molar-refractivity contribution in [1.29, 1.82) is 0 Å². The summed E-state index contributed by atoms with van der Waals surface area (Å²) in [5, 5.41) is 0. The Morgan fingerprint density at radius 2 is 0.509 bits per heavy atom. The summed E-state index contributed by atoms with van der Waals surface area (Å²) < 4.78 is 70.5. The minimum absolute atomic E-state index is 0.0570. The molecule has 0 spiro atoms. The summed E-state index contributed by atoms with van der Waals surface area (Å²) in [4.78, 5) is 0. The molecule has 0 aliphatic rings. The Labute approximate surface area is 723 Å². The average Bonchev–Trinajstić information content (AvgIpc) is 0.757. The van der Waals surface area contributed by atoms with Gasteiger partial charge in [-0.25, -0.2) is 0 Å². The van der Waals surface area contributed by atoms with Crippen molar-refractivity contribution >= 4 is 0 Å². The van der Waals surface area contributed by atoms with Gasteiger partial charge in [0.05, 0.1) is 0 Å². The number of aryl methyl sites for hydroxylation is 7. The van der Waals surface area contributed by atoms with Crippen LogP contribution in [0.5, 0.6) is 0 Å². The maximum Gasteiger partial charge on any atom is 0.0347 e. The van der Waals surface area contributed by atoms with Gasteiger partial charge in [-0.05, 0) is 247 Å². The zero-order valence-corrected chi connectivity index (χ0v) is 83.1. The van der Waals surface area contributed by atoms with Gasteiger partial charge in [0.15, 0.2) is 0 Å². The van der Waals surface area contributed by atoms with Gasteiger partial charge < -0.3 is 0 Å². The monoisotopic (exact) mass is 1560 g/mol. The van der Waals surface area contributed by atoms with Crippen molar-refractivity contribution in [3.63, 3.8) is 0 Å². The topological polar surface area (TPSA) is 0 Å². The van der Waals surface area contributed by atoms with Crippen LogP contribution in [0.15, 0.2) is 158 Å². The first-order valence-electron chi connectivity index (χ1n) is 47.3. The van der Waals surface area contributed by atoms with Crippen LogP contribution in [-0.2, 0) is 77.7 Å². The van der Waals surface area contributed by atoms with Gasteiger partial charge in [0, 0.05) is 12.3 Å². The molecule has 0 bridgehead atoms. The lowest BCUT2D eigenvalue weighted by Gasteiger charge is -2.33. The molecule has 0 atom stereocenters. The van der Waals surface area contributed by atoms with Crippen LogP contribution in [0.2, 0.25) is 0 Å². The van der Waals surface area contributed by atoms with Crippen LogP contribution in [0, 0.1) is 34.5 Å². The van der Waals surface area contributed by atoms with E-state index in [-0.39, 0.29) is 65.0 Å². The van der Waals surface area contributed by atoms with Crippen molar-refractivity contribution in [2.24, 2.45) is 0 Å². The fourth-order valence-electron chi connectivity index (χ4n) is 15.3. The van der Waals surface area contributed by atoms with Crippen molar-refractivity contribution in [3.8, 4) is 0 Å². The molecule has 0 radical (unpaired) electrons. The highest BCUT2D eigenvalue weighted by molar-refractivity contribution is 5.47. The molecule has 0 amide bonds. The quantitative estimate of drug-likeness (QED) is 0.161. The van der Waals surface area contributed by atoms with E-state index in [0.717, 1.165) is 27.8 Å². The van der Waals surface area contributed by atoms with Gasteiger partial charge in [0.25, 0.3) is 0 Å². The normalized spacial score (nSPS) is 14.3. The van der Waals surface area contributed by atoms with Crippen molar-refractivity contribution in [2.45, 2.75) is 435 Å². The standard InChI is InChI=1S/C18H30.C17H28.2C14H22.3C13H20.C12H18/c1-16(2,3)13-10-14(17(4,5)6)12-15(11-13)18(7,8)9;1-12(2)13-10-9-11-14(16(3,4)5)15(13)17(6,7)8;1-13(2,3)11-9-7-8-10-12(11)14(4,5)6;1-6-11-9-8-10-12(7-2)13(11)14(3,4)5;1-9-7-10(2)12(11(3)8-9)13(4,5)6;2*1-10(2)11-8-6-7-9-12(11)13(3,4)5;1-9-7-6-8-10(2)11(9)12(3,4)5/h10-12H,1-9H3;9-12H,1-8H3;7-10H,1-6H3;8-10H,6-7H2,1-5H3;7-8H,1-6H3;2*6-10H,1-5H3;6-8H,1-5H3/i;12D;;6D2,7D2;1D3;10D;;. The molecule has 0 fully saturated rings. The number of hydrogen-bond donors (Lipinski definition) is 0. The average molecular weight is 1560 g/mol. The van der Waals surface area contributed by atoms with Crippen molar-refractivity contribution in [2.75, 3.05) is 0 Å². The summed E-state index contributed by atoms with van der Waals surface area (Å²) in [5.74, 6) is -0.441. The predicted octanol–water partition coefficient (Wildman–Crippen LogP) is 35.1. The van der Waals surface area contributed by atoms with E-state index in [9.17, 15) is 0 Å². The molecule has 0 unspecified atom stereocenters. The van der Waals surface area contributed by atoms with E-state index in [4.69, 9.17) is 12.3 Å². The van der Waals surface area contributed by atoms with Gasteiger partial charge >= 0.3 is 0 Å². The first-order valence-corrected chi connectivity index (χ1v) is 42.8. The van der Waals surface area contributed by atoms with Crippen LogP contribution >= 0.6 is 0 Å². The molecule has 0 heteroatoms. The zero-order valence-electron chi connectivity index (χ0n) is 92.1. The van der Waals surface area contributed by atoms with E-state index in [1.807, 2.05) is 68.4 Å². The molecule has 8 rings (SSSR count). The van der Waals surface area contributed by atoms with Crippen LogP contribution in [0.3, 0.4) is 0 Å². The Kier molecular flexibility index (Phi) is 33.1. The summed E-state index contributed by atoms with van der Waals surface area (Å²) >= 11 is 0. The Morgan fingerprint density at radius 1 is 0.254 bits per heavy atom. The number of benzene rings is 8. The SMILES string of the molecule is CC(C)(C)c1cc(C(C)(C)C)cc(C(C)(C)C)c1.CC(C)(C)c1ccccc1C(C)(C)C.CC(C)c1ccccc1C(C)(C)C.Cc1cccc(C)c1C(C)(C)C.[2H]C(C)(C)c1cccc(C(C)(C)C)c1C(C)(C)C.[2H]C(C)(C)c1ccccc1C(C)(C)C.[2H]C([2H])(C)c1cccc(C([2H])([2H])C)c1C(C)(C)C.[2H]C([2H])([2H])c1cc(C)c(C(C)(C)C)c(C)c1. The molecule has 8 aromatic carbocycles. The molecule has 0 heterocycles. The molecule has 0 N–H and O–H groups in total. The Hall–Kier alpha value is -6.24. The second kappa shape index (κ2) is 41.9. The maximum absolute atomic E-state index is 8.39. The highest BCUT2D eigenvalue weighted by Crippen LogP contribution is 2.41. The largest absolute Gasteiger partial charge is 0.0620 e. The first kappa shape index (κ1) is 90.1. The third-order valence-electron chi connectivity index (χ3n) is 20.8.